The van der Waals surface area contributed by atoms with E-state index < -0.39 is 0 Å². The van der Waals surface area contributed by atoms with Crippen LogP contribution in [0.2, 0.25) is 0 Å². The molecule has 3 nitrogen and oxygen atoms in total. The van der Waals surface area contributed by atoms with Crippen LogP contribution < -0.4 is 0 Å². The van der Waals surface area contributed by atoms with Crippen molar-refractivity contribution in [3.8, 4) is 11.1 Å². The van der Waals surface area contributed by atoms with E-state index in [-0.39, 0.29) is 11.9 Å². The first kappa shape index (κ1) is 16.0. The molecule has 2 rings (SSSR count). The Morgan fingerprint density at radius 3 is 2.45 bits per heavy atom. The topological polar surface area (TPSA) is 40.5 Å². The quantitative estimate of drug-likeness (QED) is 0.675. The van der Waals surface area contributed by atoms with Gasteiger partial charge in [0.15, 0.2) is 0 Å². The molecule has 1 amide bonds. The number of aryl methyl sites for hydroxylation is 1. The molecule has 0 radical (unpaired) electrons. The summed E-state index contributed by atoms with van der Waals surface area (Å²) < 4.78 is 0. The Bertz CT molecular complexity index is 674. The highest BCUT2D eigenvalue weighted by Gasteiger charge is 2.10. The van der Waals surface area contributed by atoms with E-state index in [0.717, 1.165) is 16.2 Å². The molecule has 1 N–H and O–H groups in total. The predicted octanol–water partition coefficient (Wildman–Crippen LogP) is 4.30. The van der Waals surface area contributed by atoms with Crippen LogP contribution in [-0.4, -0.2) is 22.2 Å². The molecular formula is C19H21NO2. The molecule has 0 spiro atoms. The van der Waals surface area contributed by atoms with Crippen molar-refractivity contribution in [3.63, 3.8) is 0 Å². The molecule has 0 bridgehead atoms. The van der Waals surface area contributed by atoms with Gasteiger partial charge < -0.3 is 0 Å². The normalized spacial score (nSPS) is 12.4. The average Bonchev–Trinajstić information content (AvgIpc) is 2.52. The van der Waals surface area contributed by atoms with E-state index in [0.29, 0.717) is 0 Å². The first-order chi connectivity index (χ1) is 10.5. The maximum atomic E-state index is 11.1. The van der Waals surface area contributed by atoms with Gasteiger partial charge in [-0.3, -0.25) is 10.0 Å². The number of carbonyl (C=O) groups excluding carboxylic acids is 1. The standard InChI is InChI=1S/C19H21NO2/c1-14-7-11-18(12-8-14)19-6-4-5-17(13-19)10-9-15(2)20(22)16(3)21/h4-13,15,22H,1-3H3/b10-9+/t15-/m0/s1. The van der Waals surface area contributed by atoms with Crippen molar-refractivity contribution < 1.29 is 10.0 Å². The summed E-state index contributed by atoms with van der Waals surface area (Å²) in [5.74, 6) is -0.370. The lowest BCUT2D eigenvalue weighted by Crippen LogP contribution is -2.32. The number of rotatable bonds is 4. The van der Waals surface area contributed by atoms with Crippen LogP contribution in [0.3, 0.4) is 0 Å². The minimum Gasteiger partial charge on any atom is -0.285 e. The summed E-state index contributed by atoms with van der Waals surface area (Å²) in [5.41, 5.74) is 4.58. The van der Waals surface area contributed by atoms with Gasteiger partial charge in [-0.25, -0.2) is 5.06 Å². The van der Waals surface area contributed by atoms with Gasteiger partial charge in [0.05, 0.1) is 6.04 Å². The molecule has 0 heterocycles. The fraction of sp³-hybridized carbons (Fsp3) is 0.211. The molecule has 0 aliphatic carbocycles. The molecule has 2 aromatic carbocycles. The molecule has 0 unspecified atom stereocenters. The Kier molecular flexibility index (Phi) is 5.12. The predicted molar refractivity (Wildman–Crippen MR) is 89.4 cm³/mol. The van der Waals surface area contributed by atoms with Crippen LogP contribution in [0.5, 0.6) is 0 Å². The van der Waals surface area contributed by atoms with Crippen LogP contribution in [0.15, 0.2) is 54.6 Å². The number of hydroxylamine groups is 2. The summed E-state index contributed by atoms with van der Waals surface area (Å²) >= 11 is 0. The summed E-state index contributed by atoms with van der Waals surface area (Å²) in [5, 5.41) is 10.3. The third-order valence-electron chi connectivity index (χ3n) is 3.55. The third-order valence-corrected chi connectivity index (χ3v) is 3.55. The minimum absolute atomic E-state index is 0.361. The Morgan fingerprint density at radius 2 is 1.82 bits per heavy atom. The maximum Gasteiger partial charge on any atom is 0.243 e. The number of amides is 1. The molecule has 22 heavy (non-hydrogen) atoms. The SMILES string of the molecule is CC(=O)N(O)[C@@H](C)/C=C/c1cccc(-c2ccc(C)cc2)c1. The summed E-state index contributed by atoms with van der Waals surface area (Å²) in [6.45, 7) is 5.17. The van der Waals surface area contributed by atoms with Gasteiger partial charge >= 0.3 is 0 Å². The van der Waals surface area contributed by atoms with Gasteiger partial charge in [0.2, 0.25) is 5.91 Å². The molecule has 0 aliphatic heterocycles. The fourth-order valence-electron chi connectivity index (χ4n) is 2.19. The fourth-order valence-corrected chi connectivity index (χ4v) is 2.19. The number of hydrogen-bond donors (Lipinski definition) is 1. The van der Waals surface area contributed by atoms with Crippen LogP contribution in [-0.2, 0) is 4.79 Å². The number of benzene rings is 2. The summed E-state index contributed by atoms with van der Waals surface area (Å²) in [7, 11) is 0. The lowest BCUT2D eigenvalue weighted by atomic mass is 10.0. The molecule has 1 atom stereocenters. The van der Waals surface area contributed by atoms with E-state index in [4.69, 9.17) is 0 Å². The molecular weight excluding hydrogens is 274 g/mol. The van der Waals surface area contributed by atoms with E-state index in [9.17, 15) is 10.0 Å². The molecule has 0 fully saturated rings. The molecule has 2 aromatic rings. The van der Waals surface area contributed by atoms with Gasteiger partial charge in [0.25, 0.3) is 0 Å². The first-order valence-corrected chi connectivity index (χ1v) is 7.31. The van der Waals surface area contributed by atoms with Crippen molar-refractivity contribution in [3.05, 3.63) is 65.7 Å². The second-order valence-electron chi connectivity index (χ2n) is 5.45. The molecule has 0 saturated carbocycles. The highest BCUT2D eigenvalue weighted by Crippen LogP contribution is 2.21. The van der Waals surface area contributed by atoms with Gasteiger partial charge in [-0.05, 0) is 36.6 Å². The summed E-state index contributed by atoms with van der Waals surface area (Å²) in [6.07, 6.45) is 3.71. The molecule has 0 aromatic heterocycles. The molecule has 3 heteroatoms. The van der Waals surface area contributed by atoms with Crippen molar-refractivity contribution >= 4 is 12.0 Å². The first-order valence-electron chi connectivity index (χ1n) is 7.31. The monoisotopic (exact) mass is 295 g/mol. The van der Waals surface area contributed by atoms with Crippen molar-refractivity contribution in [2.24, 2.45) is 0 Å². The second kappa shape index (κ2) is 7.05. The maximum absolute atomic E-state index is 11.1. The van der Waals surface area contributed by atoms with Crippen molar-refractivity contribution in [1.29, 1.82) is 0 Å². The zero-order valence-electron chi connectivity index (χ0n) is 13.2. The van der Waals surface area contributed by atoms with Crippen molar-refractivity contribution in [1.82, 2.24) is 5.06 Å². The number of carbonyl (C=O) groups is 1. The Balaban J connectivity index is 2.18. The second-order valence-corrected chi connectivity index (χ2v) is 5.45. The summed E-state index contributed by atoms with van der Waals surface area (Å²) in [4.78, 5) is 11.1. The lowest BCUT2D eigenvalue weighted by molar-refractivity contribution is -0.167. The van der Waals surface area contributed by atoms with Gasteiger partial charge in [0, 0.05) is 6.92 Å². The Labute approximate surface area is 131 Å². The van der Waals surface area contributed by atoms with Crippen LogP contribution >= 0.6 is 0 Å². The largest absolute Gasteiger partial charge is 0.285 e. The zero-order chi connectivity index (χ0) is 16.1. The van der Waals surface area contributed by atoms with E-state index in [2.05, 4.69) is 43.3 Å². The molecule has 114 valence electrons. The smallest absolute Gasteiger partial charge is 0.243 e. The van der Waals surface area contributed by atoms with Crippen molar-refractivity contribution in [2.75, 3.05) is 0 Å². The summed E-state index contributed by atoms with van der Waals surface area (Å²) in [6, 6.07) is 16.2. The minimum atomic E-state index is -0.370. The van der Waals surface area contributed by atoms with Gasteiger partial charge in [0.1, 0.15) is 0 Å². The number of hydrogen-bond acceptors (Lipinski definition) is 2. The van der Waals surface area contributed by atoms with Crippen molar-refractivity contribution in [2.45, 2.75) is 26.8 Å². The van der Waals surface area contributed by atoms with Crippen LogP contribution in [0.4, 0.5) is 0 Å². The van der Waals surface area contributed by atoms with E-state index in [1.54, 1.807) is 13.0 Å². The average molecular weight is 295 g/mol. The van der Waals surface area contributed by atoms with E-state index in [1.165, 1.54) is 18.1 Å². The highest BCUT2D eigenvalue weighted by atomic mass is 16.5. The third kappa shape index (κ3) is 4.06. The van der Waals surface area contributed by atoms with Crippen LogP contribution in [0.1, 0.15) is 25.0 Å². The highest BCUT2D eigenvalue weighted by molar-refractivity contribution is 5.73. The Hall–Kier alpha value is -2.39. The lowest BCUT2D eigenvalue weighted by Gasteiger charge is -2.17. The molecule has 0 aliphatic rings. The Morgan fingerprint density at radius 1 is 1.14 bits per heavy atom. The van der Waals surface area contributed by atoms with E-state index >= 15 is 0 Å². The van der Waals surface area contributed by atoms with E-state index in [1.807, 2.05) is 18.2 Å². The van der Waals surface area contributed by atoms with Gasteiger partial charge in [-0.2, -0.15) is 0 Å². The number of nitrogens with zero attached hydrogens (tertiary/aromatic N) is 1. The van der Waals surface area contributed by atoms with Gasteiger partial charge in [-0.1, -0.05) is 60.2 Å². The molecule has 0 saturated heterocycles. The van der Waals surface area contributed by atoms with Crippen LogP contribution in [0.25, 0.3) is 17.2 Å². The zero-order valence-corrected chi connectivity index (χ0v) is 13.2. The van der Waals surface area contributed by atoms with Gasteiger partial charge in [-0.15, -0.1) is 0 Å². The van der Waals surface area contributed by atoms with Crippen LogP contribution in [0, 0.1) is 6.92 Å².